The minimum Gasteiger partial charge on any atom is -0.497 e. The second-order valence-electron chi connectivity index (χ2n) is 4.26. The molecule has 1 aromatic carbocycles. The summed E-state index contributed by atoms with van der Waals surface area (Å²) in [5, 5.41) is 11.8. The van der Waals surface area contributed by atoms with Gasteiger partial charge in [0.2, 0.25) is 5.91 Å². The average molecular weight is 267 g/mol. The highest BCUT2D eigenvalue weighted by molar-refractivity contribution is 5.75. The van der Waals surface area contributed by atoms with Gasteiger partial charge in [-0.05, 0) is 37.6 Å². The molecule has 0 spiro atoms. The summed E-state index contributed by atoms with van der Waals surface area (Å²) < 4.78 is 10.5. The van der Waals surface area contributed by atoms with E-state index >= 15 is 0 Å². The van der Waals surface area contributed by atoms with E-state index in [9.17, 15) is 4.79 Å². The van der Waals surface area contributed by atoms with Gasteiger partial charge >= 0.3 is 0 Å². The third kappa shape index (κ3) is 6.67. The van der Waals surface area contributed by atoms with Gasteiger partial charge in [-0.15, -0.1) is 0 Å². The molecule has 0 aliphatic heterocycles. The largest absolute Gasteiger partial charge is 0.497 e. The lowest BCUT2D eigenvalue weighted by atomic mass is 10.3. The highest BCUT2D eigenvalue weighted by Gasteiger charge is 2.03. The number of hydrogen-bond acceptors (Lipinski definition) is 4. The van der Waals surface area contributed by atoms with Crippen LogP contribution in [0.3, 0.4) is 0 Å². The molecule has 5 heteroatoms. The van der Waals surface area contributed by atoms with Gasteiger partial charge < -0.3 is 19.9 Å². The van der Waals surface area contributed by atoms with E-state index in [4.69, 9.17) is 14.6 Å². The molecule has 0 radical (unpaired) electrons. The van der Waals surface area contributed by atoms with E-state index in [-0.39, 0.29) is 5.91 Å². The number of amides is 1. The maximum atomic E-state index is 11.4. The Hall–Kier alpha value is -1.75. The van der Waals surface area contributed by atoms with Gasteiger partial charge in [0, 0.05) is 6.54 Å². The van der Waals surface area contributed by atoms with Crippen LogP contribution in [0.15, 0.2) is 24.3 Å². The summed E-state index contributed by atoms with van der Waals surface area (Å²) in [5.41, 5.74) is 0. The fourth-order valence-electron chi connectivity index (χ4n) is 1.44. The van der Waals surface area contributed by atoms with Crippen LogP contribution in [0.2, 0.25) is 0 Å². The lowest BCUT2D eigenvalue weighted by Gasteiger charge is -2.08. The van der Waals surface area contributed by atoms with Crippen LogP contribution in [0.25, 0.3) is 0 Å². The van der Waals surface area contributed by atoms with Crippen molar-refractivity contribution in [3.8, 4) is 11.5 Å². The first-order valence-corrected chi connectivity index (χ1v) is 6.33. The van der Waals surface area contributed by atoms with Crippen LogP contribution >= 0.6 is 0 Å². The van der Waals surface area contributed by atoms with E-state index < -0.39 is 6.10 Å². The zero-order valence-corrected chi connectivity index (χ0v) is 11.4. The molecule has 19 heavy (non-hydrogen) atoms. The summed E-state index contributed by atoms with van der Waals surface area (Å²) in [6.45, 7) is 2.50. The first-order chi connectivity index (χ1) is 9.11. The standard InChI is InChI=1S/C14H21NO4/c1-11(16)7-9-15-14(17)8-10-19-13-5-3-12(18-2)4-6-13/h3-6,11,16H,7-10H2,1-2H3,(H,15,17). The van der Waals surface area contributed by atoms with Crippen molar-refractivity contribution in [3.63, 3.8) is 0 Å². The van der Waals surface area contributed by atoms with Crippen molar-refractivity contribution >= 4 is 5.91 Å². The van der Waals surface area contributed by atoms with E-state index in [1.165, 1.54) is 0 Å². The molecule has 1 aromatic rings. The van der Waals surface area contributed by atoms with Gasteiger partial charge in [-0.2, -0.15) is 0 Å². The Kier molecular flexibility index (Phi) is 6.74. The Labute approximate surface area is 113 Å². The Morgan fingerprint density at radius 2 is 1.95 bits per heavy atom. The third-order valence-electron chi connectivity index (χ3n) is 2.54. The van der Waals surface area contributed by atoms with Gasteiger partial charge in [-0.1, -0.05) is 0 Å². The van der Waals surface area contributed by atoms with Gasteiger partial charge in [0.15, 0.2) is 0 Å². The number of ether oxygens (including phenoxy) is 2. The smallest absolute Gasteiger partial charge is 0.223 e. The van der Waals surface area contributed by atoms with Gasteiger partial charge in [-0.25, -0.2) is 0 Å². The normalized spacial score (nSPS) is 11.7. The van der Waals surface area contributed by atoms with Crippen molar-refractivity contribution < 1.29 is 19.4 Å². The first-order valence-electron chi connectivity index (χ1n) is 6.33. The average Bonchev–Trinajstić information content (AvgIpc) is 2.39. The molecule has 106 valence electrons. The summed E-state index contributed by atoms with van der Waals surface area (Å²) in [5.74, 6) is 1.40. The Morgan fingerprint density at radius 1 is 1.32 bits per heavy atom. The number of aliphatic hydroxyl groups excluding tert-OH is 1. The quantitative estimate of drug-likeness (QED) is 0.746. The Morgan fingerprint density at radius 3 is 2.53 bits per heavy atom. The number of benzene rings is 1. The second-order valence-corrected chi connectivity index (χ2v) is 4.26. The van der Waals surface area contributed by atoms with Crippen LogP contribution in [0.1, 0.15) is 19.8 Å². The predicted molar refractivity (Wildman–Crippen MR) is 72.4 cm³/mol. The van der Waals surface area contributed by atoms with E-state index in [2.05, 4.69) is 5.32 Å². The number of hydrogen-bond donors (Lipinski definition) is 2. The fourth-order valence-corrected chi connectivity index (χ4v) is 1.44. The SMILES string of the molecule is COc1ccc(OCCC(=O)NCCC(C)O)cc1. The minimum atomic E-state index is -0.393. The highest BCUT2D eigenvalue weighted by atomic mass is 16.5. The van der Waals surface area contributed by atoms with E-state index in [1.807, 2.05) is 0 Å². The Balaban J connectivity index is 2.16. The molecule has 0 saturated carbocycles. The zero-order chi connectivity index (χ0) is 14.1. The van der Waals surface area contributed by atoms with Crippen molar-refractivity contribution in [2.75, 3.05) is 20.3 Å². The molecular formula is C14H21NO4. The number of rotatable bonds is 8. The number of carbonyl (C=O) groups is 1. The van der Waals surface area contributed by atoms with Crippen LogP contribution in [-0.4, -0.2) is 37.4 Å². The molecule has 0 aromatic heterocycles. The van der Waals surface area contributed by atoms with Crippen LogP contribution in [0, 0.1) is 0 Å². The van der Waals surface area contributed by atoms with Crippen molar-refractivity contribution in [3.05, 3.63) is 24.3 Å². The molecular weight excluding hydrogens is 246 g/mol. The molecule has 0 bridgehead atoms. The maximum Gasteiger partial charge on any atom is 0.223 e. The topological polar surface area (TPSA) is 67.8 Å². The fraction of sp³-hybridized carbons (Fsp3) is 0.500. The van der Waals surface area contributed by atoms with E-state index in [1.54, 1.807) is 38.3 Å². The first kappa shape index (κ1) is 15.3. The molecule has 1 amide bonds. The number of methoxy groups -OCH3 is 1. The number of aliphatic hydroxyl groups is 1. The lowest BCUT2D eigenvalue weighted by Crippen LogP contribution is -2.27. The molecule has 1 atom stereocenters. The van der Waals surface area contributed by atoms with Crippen LogP contribution < -0.4 is 14.8 Å². The van der Waals surface area contributed by atoms with E-state index in [0.29, 0.717) is 31.7 Å². The molecule has 0 fully saturated rings. The van der Waals surface area contributed by atoms with Crippen LogP contribution in [-0.2, 0) is 4.79 Å². The second kappa shape index (κ2) is 8.37. The minimum absolute atomic E-state index is 0.0749. The molecule has 2 N–H and O–H groups in total. The van der Waals surface area contributed by atoms with Gasteiger partial charge in [0.1, 0.15) is 11.5 Å². The third-order valence-corrected chi connectivity index (χ3v) is 2.54. The molecule has 0 aliphatic carbocycles. The number of carbonyl (C=O) groups excluding carboxylic acids is 1. The predicted octanol–water partition coefficient (Wildman–Crippen LogP) is 1.35. The zero-order valence-electron chi connectivity index (χ0n) is 11.4. The molecule has 0 aliphatic rings. The van der Waals surface area contributed by atoms with Crippen molar-refractivity contribution in [2.24, 2.45) is 0 Å². The summed E-state index contributed by atoms with van der Waals surface area (Å²) in [4.78, 5) is 11.4. The van der Waals surface area contributed by atoms with Crippen LogP contribution in [0.4, 0.5) is 0 Å². The monoisotopic (exact) mass is 267 g/mol. The molecule has 5 nitrogen and oxygen atoms in total. The summed E-state index contributed by atoms with van der Waals surface area (Å²) in [6.07, 6.45) is 0.465. The van der Waals surface area contributed by atoms with Crippen molar-refractivity contribution in [1.82, 2.24) is 5.32 Å². The number of nitrogens with one attached hydrogen (secondary N) is 1. The molecule has 1 rings (SSSR count). The Bertz CT molecular complexity index is 376. The van der Waals surface area contributed by atoms with Crippen LogP contribution in [0.5, 0.6) is 11.5 Å². The molecule has 1 unspecified atom stereocenters. The summed E-state index contributed by atoms with van der Waals surface area (Å²) in [6, 6.07) is 7.20. The van der Waals surface area contributed by atoms with Gasteiger partial charge in [0.25, 0.3) is 0 Å². The molecule has 0 saturated heterocycles. The maximum absolute atomic E-state index is 11.4. The summed E-state index contributed by atoms with van der Waals surface area (Å²) >= 11 is 0. The van der Waals surface area contributed by atoms with Gasteiger partial charge in [0.05, 0.1) is 26.2 Å². The van der Waals surface area contributed by atoms with Crippen molar-refractivity contribution in [2.45, 2.75) is 25.9 Å². The molecule has 0 heterocycles. The van der Waals surface area contributed by atoms with E-state index in [0.717, 1.165) is 5.75 Å². The highest BCUT2D eigenvalue weighted by Crippen LogP contribution is 2.16. The lowest BCUT2D eigenvalue weighted by molar-refractivity contribution is -0.121. The summed E-state index contributed by atoms with van der Waals surface area (Å²) in [7, 11) is 1.60. The van der Waals surface area contributed by atoms with Crippen molar-refractivity contribution in [1.29, 1.82) is 0 Å². The van der Waals surface area contributed by atoms with Gasteiger partial charge in [-0.3, -0.25) is 4.79 Å².